The molecule has 0 saturated carbocycles. The number of hydrogen-bond acceptors (Lipinski definition) is 7. The predicted molar refractivity (Wildman–Crippen MR) is 141 cm³/mol. The molecule has 3 aromatic rings. The summed E-state index contributed by atoms with van der Waals surface area (Å²) in [4.78, 5) is 24.3. The molecule has 0 aromatic heterocycles. The van der Waals surface area contributed by atoms with Crippen molar-refractivity contribution in [3.8, 4) is 28.7 Å². The molecule has 0 saturated heterocycles. The van der Waals surface area contributed by atoms with Crippen LogP contribution in [0.1, 0.15) is 47.4 Å². The largest absolute Gasteiger partial charge is 0.497 e. The first-order valence-electron chi connectivity index (χ1n) is 12.3. The van der Waals surface area contributed by atoms with Gasteiger partial charge in [-0.2, -0.15) is 0 Å². The van der Waals surface area contributed by atoms with E-state index in [9.17, 15) is 19.8 Å². The maximum absolute atomic E-state index is 13.0. The van der Waals surface area contributed by atoms with Crippen molar-refractivity contribution in [2.75, 3.05) is 27.1 Å². The Bertz CT molecular complexity index is 1370. The van der Waals surface area contributed by atoms with Gasteiger partial charge in [0.1, 0.15) is 17.2 Å². The molecule has 1 heterocycles. The van der Waals surface area contributed by atoms with Gasteiger partial charge in [-0.15, -0.1) is 0 Å². The Kier molecular flexibility index (Phi) is 9.45. The molecule has 10 heteroatoms. The van der Waals surface area contributed by atoms with Gasteiger partial charge in [-0.1, -0.05) is 25.1 Å². The summed E-state index contributed by atoms with van der Waals surface area (Å²) in [5.41, 5.74) is 2.94. The fourth-order valence-corrected chi connectivity index (χ4v) is 5.30. The number of rotatable bonds is 10. The predicted octanol–water partition coefficient (Wildman–Crippen LogP) is 4.27. The molecule has 9 nitrogen and oxygen atoms in total. The van der Waals surface area contributed by atoms with Gasteiger partial charge >= 0.3 is 11.9 Å². The standard InChI is InChI=1S/C29H28O9.K/c1-3-10-35-18-6-7-19-21(12-18)27(20-8-5-17(34-2)13-23(20)36-14-25(30)31)28(29(32)33)26(19)16-4-9-22-24(11-16)38-15-37-22;/h4-9,11-13,26-28H,3,10,14-15H2,1-2H3,(H,30,31)(H,32,33);/t26-,27+,28+;/m0./s1. The number of hydrogen-bond donors (Lipinski definition) is 2. The summed E-state index contributed by atoms with van der Waals surface area (Å²) in [6, 6.07) is 16.2. The Morgan fingerprint density at radius 1 is 0.872 bits per heavy atom. The number of fused-ring (bicyclic) bond motifs is 2. The molecule has 0 amide bonds. The molecule has 199 valence electrons. The number of benzene rings is 3. The van der Waals surface area contributed by atoms with E-state index >= 15 is 0 Å². The molecule has 1 aliphatic heterocycles. The first-order valence-corrected chi connectivity index (χ1v) is 12.3. The third-order valence-corrected chi connectivity index (χ3v) is 6.87. The Morgan fingerprint density at radius 2 is 1.62 bits per heavy atom. The minimum atomic E-state index is -1.14. The average molecular weight is 560 g/mol. The second-order valence-electron chi connectivity index (χ2n) is 9.16. The van der Waals surface area contributed by atoms with Crippen LogP contribution in [0.2, 0.25) is 0 Å². The summed E-state index contributed by atoms with van der Waals surface area (Å²) >= 11 is 0. The summed E-state index contributed by atoms with van der Waals surface area (Å²) < 4.78 is 27.9. The molecule has 0 spiro atoms. The quantitative estimate of drug-likeness (QED) is 0.351. The van der Waals surface area contributed by atoms with E-state index in [4.69, 9.17) is 23.7 Å². The van der Waals surface area contributed by atoms with Crippen LogP contribution in [0.4, 0.5) is 0 Å². The minimum Gasteiger partial charge on any atom is -0.497 e. The van der Waals surface area contributed by atoms with Crippen molar-refractivity contribution in [3.63, 3.8) is 0 Å². The molecule has 39 heavy (non-hydrogen) atoms. The monoisotopic (exact) mass is 559 g/mol. The van der Waals surface area contributed by atoms with Gasteiger partial charge in [0.2, 0.25) is 6.79 Å². The number of carboxylic acid groups (broad SMARTS) is 2. The second kappa shape index (κ2) is 12.6. The molecular weight excluding hydrogens is 531 g/mol. The van der Waals surface area contributed by atoms with Crippen LogP contribution in [0.3, 0.4) is 0 Å². The van der Waals surface area contributed by atoms with Crippen LogP contribution in [0, 0.1) is 5.92 Å². The fraction of sp³-hybridized carbons (Fsp3) is 0.310. The smallest absolute Gasteiger partial charge is 0.341 e. The van der Waals surface area contributed by atoms with Gasteiger partial charge in [0.25, 0.3) is 0 Å². The van der Waals surface area contributed by atoms with Crippen LogP contribution in [0.25, 0.3) is 0 Å². The third-order valence-electron chi connectivity index (χ3n) is 6.87. The number of carboxylic acids is 2. The molecule has 0 fully saturated rings. The normalized spacial score (nSPS) is 18.6. The van der Waals surface area contributed by atoms with E-state index in [1.165, 1.54) is 7.11 Å². The van der Waals surface area contributed by atoms with Crippen molar-refractivity contribution in [1.82, 2.24) is 0 Å². The first kappa shape index (κ1) is 29.2. The van der Waals surface area contributed by atoms with E-state index < -0.39 is 36.3 Å². The van der Waals surface area contributed by atoms with E-state index in [-0.39, 0.29) is 63.9 Å². The number of methoxy groups -OCH3 is 1. The summed E-state index contributed by atoms with van der Waals surface area (Å²) in [6.07, 6.45) is 0.823. The van der Waals surface area contributed by atoms with Gasteiger partial charge in [0, 0.05) is 74.9 Å². The summed E-state index contributed by atoms with van der Waals surface area (Å²) in [6.45, 7) is 2.06. The molecule has 2 N–H and O–H groups in total. The van der Waals surface area contributed by atoms with Crippen molar-refractivity contribution in [2.24, 2.45) is 5.92 Å². The van der Waals surface area contributed by atoms with Crippen molar-refractivity contribution < 1.29 is 43.5 Å². The van der Waals surface area contributed by atoms with Crippen LogP contribution in [-0.2, 0) is 9.59 Å². The molecule has 3 aromatic carbocycles. The molecule has 0 unspecified atom stereocenters. The van der Waals surface area contributed by atoms with Gasteiger partial charge in [-0.05, 0) is 53.4 Å². The van der Waals surface area contributed by atoms with Crippen LogP contribution in [-0.4, -0.2) is 101 Å². The molecule has 1 radical (unpaired) electrons. The van der Waals surface area contributed by atoms with Crippen molar-refractivity contribution in [2.45, 2.75) is 25.2 Å². The van der Waals surface area contributed by atoms with Gasteiger partial charge in [-0.3, -0.25) is 4.79 Å². The fourth-order valence-electron chi connectivity index (χ4n) is 5.30. The Hall–Kier alpha value is -2.76. The topological polar surface area (TPSA) is 121 Å². The van der Waals surface area contributed by atoms with E-state index in [0.717, 1.165) is 23.1 Å². The Labute approximate surface area is 268 Å². The molecular formula is C29H28KO9. The summed E-state index contributed by atoms with van der Waals surface area (Å²) in [5.74, 6) is -1.72. The molecule has 5 rings (SSSR count). The van der Waals surface area contributed by atoms with E-state index in [1.54, 1.807) is 24.3 Å². The second-order valence-corrected chi connectivity index (χ2v) is 9.16. The third kappa shape index (κ3) is 5.90. The van der Waals surface area contributed by atoms with E-state index in [2.05, 4.69) is 0 Å². The minimum absolute atomic E-state index is 0. The maximum atomic E-state index is 13.0. The molecule has 3 atom stereocenters. The van der Waals surface area contributed by atoms with Crippen molar-refractivity contribution in [3.05, 3.63) is 76.9 Å². The van der Waals surface area contributed by atoms with Crippen LogP contribution in [0.5, 0.6) is 28.7 Å². The number of aliphatic carboxylic acids is 2. The zero-order chi connectivity index (χ0) is 26.8. The molecule has 1 aliphatic carbocycles. The van der Waals surface area contributed by atoms with Crippen LogP contribution in [0.15, 0.2) is 54.6 Å². The zero-order valence-corrected chi connectivity index (χ0v) is 25.1. The van der Waals surface area contributed by atoms with Gasteiger partial charge in [0.15, 0.2) is 18.1 Å². The maximum Gasteiger partial charge on any atom is 0.341 e. The summed E-state index contributed by atoms with van der Waals surface area (Å²) in [5, 5.41) is 19.9. The van der Waals surface area contributed by atoms with Gasteiger partial charge in [-0.25, -0.2) is 4.79 Å². The van der Waals surface area contributed by atoms with Crippen molar-refractivity contribution in [1.29, 1.82) is 0 Å². The van der Waals surface area contributed by atoms with Crippen LogP contribution >= 0.6 is 0 Å². The zero-order valence-electron chi connectivity index (χ0n) is 22.0. The molecule has 0 bridgehead atoms. The first-order chi connectivity index (χ1) is 18.4. The number of carbonyl (C=O) groups is 2. The Morgan fingerprint density at radius 3 is 2.33 bits per heavy atom. The van der Waals surface area contributed by atoms with Gasteiger partial charge < -0.3 is 33.9 Å². The van der Waals surface area contributed by atoms with E-state index in [1.807, 2.05) is 37.3 Å². The summed E-state index contributed by atoms with van der Waals surface area (Å²) in [7, 11) is 1.49. The number of ether oxygens (including phenoxy) is 5. The molecule has 2 aliphatic rings. The van der Waals surface area contributed by atoms with E-state index in [0.29, 0.717) is 35.2 Å². The van der Waals surface area contributed by atoms with Gasteiger partial charge in [0.05, 0.1) is 19.6 Å². The van der Waals surface area contributed by atoms with Crippen LogP contribution < -0.4 is 23.7 Å². The SMILES string of the molecule is CCCOc1ccc2c(c1)[C@@H](c1ccc(OC)cc1OCC(=O)O)[C@H](C(=O)O)[C@H]2c1ccc2c(c1)OCO2.[K]. The Balaban J connectivity index is 0.00000353. The van der Waals surface area contributed by atoms with Crippen molar-refractivity contribution >= 4 is 63.3 Å². The average Bonchev–Trinajstić information content (AvgIpc) is 3.52.